The second-order valence-corrected chi connectivity index (χ2v) is 6.24. The normalized spacial score (nSPS) is 13.8. The molecular weight excluding hydrogens is 299 g/mol. The van der Waals surface area contributed by atoms with E-state index in [9.17, 15) is 9.18 Å². The van der Waals surface area contributed by atoms with E-state index in [0.29, 0.717) is 18.0 Å². The average Bonchev–Trinajstić information content (AvgIpc) is 2.55. The number of hydrogen-bond donors (Lipinski definition) is 0. The second-order valence-electron chi connectivity index (χ2n) is 5.25. The number of aromatic nitrogens is 1. The molecule has 0 atom stereocenters. The van der Waals surface area contributed by atoms with Gasteiger partial charge >= 0.3 is 0 Å². The number of amides is 1. The van der Waals surface area contributed by atoms with Gasteiger partial charge in [-0.1, -0.05) is 18.2 Å². The first kappa shape index (κ1) is 15.0. The van der Waals surface area contributed by atoms with E-state index in [-0.39, 0.29) is 11.7 Å². The van der Waals surface area contributed by atoms with Crippen LogP contribution in [0.25, 0.3) is 0 Å². The number of pyridine rings is 1. The van der Waals surface area contributed by atoms with Gasteiger partial charge in [0, 0.05) is 24.7 Å². The number of carbonyl (C=O) groups excluding carboxylic acids is 1. The molecule has 0 N–H and O–H groups in total. The number of aryl methyl sites for hydroxylation is 1. The van der Waals surface area contributed by atoms with E-state index in [0.717, 1.165) is 29.7 Å². The molecular formula is C17H17FN2OS. The molecule has 0 saturated heterocycles. The zero-order chi connectivity index (χ0) is 15.4. The Morgan fingerprint density at radius 1 is 1.32 bits per heavy atom. The van der Waals surface area contributed by atoms with E-state index in [1.165, 1.54) is 17.8 Å². The Labute approximate surface area is 133 Å². The van der Waals surface area contributed by atoms with Crippen molar-refractivity contribution in [3.63, 3.8) is 0 Å². The number of anilines is 1. The van der Waals surface area contributed by atoms with Crippen molar-refractivity contribution in [2.45, 2.75) is 18.6 Å². The zero-order valence-corrected chi connectivity index (χ0v) is 13.0. The Balaban J connectivity index is 1.64. The highest BCUT2D eigenvalue weighted by Gasteiger charge is 2.25. The van der Waals surface area contributed by atoms with Crippen LogP contribution in [-0.2, 0) is 17.0 Å². The second kappa shape index (κ2) is 6.92. The molecule has 1 aliphatic rings. The summed E-state index contributed by atoms with van der Waals surface area (Å²) in [6.07, 6.45) is 5.25. The largest absolute Gasteiger partial charge is 0.309 e. The minimum absolute atomic E-state index is 0.0278. The molecule has 1 aliphatic heterocycles. The average molecular weight is 316 g/mol. The summed E-state index contributed by atoms with van der Waals surface area (Å²) < 4.78 is 14.1. The van der Waals surface area contributed by atoms with Crippen LogP contribution < -0.4 is 4.90 Å². The maximum Gasteiger partial charge on any atom is 0.237 e. The van der Waals surface area contributed by atoms with Crippen LogP contribution in [0.1, 0.15) is 17.5 Å². The summed E-state index contributed by atoms with van der Waals surface area (Å²) in [5.74, 6) is 0.753. The van der Waals surface area contributed by atoms with E-state index in [1.807, 2.05) is 18.2 Å². The van der Waals surface area contributed by atoms with Gasteiger partial charge in [-0.05, 0) is 36.1 Å². The fraction of sp³-hybridized carbons (Fsp3) is 0.294. The van der Waals surface area contributed by atoms with Gasteiger partial charge in [0.2, 0.25) is 5.91 Å². The number of benzene rings is 1. The number of carbonyl (C=O) groups is 1. The standard InChI is InChI=1S/C17H17FN2OS/c18-15-7-1-5-14-6-3-9-20(17(14)15)16(21)12-22-11-13-4-2-8-19-10-13/h1-2,4-5,7-8,10H,3,6,9,11-12H2. The van der Waals surface area contributed by atoms with Gasteiger partial charge in [-0.25, -0.2) is 4.39 Å². The summed E-state index contributed by atoms with van der Waals surface area (Å²) in [4.78, 5) is 18.1. The monoisotopic (exact) mass is 316 g/mol. The third-order valence-electron chi connectivity index (χ3n) is 3.69. The van der Waals surface area contributed by atoms with Crippen molar-refractivity contribution in [3.8, 4) is 0 Å². The Morgan fingerprint density at radius 3 is 3.05 bits per heavy atom. The molecule has 2 aromatic rings. The molecule has 0 radical (unpaired) electrons. The highest BCUT2D eigenvalue weighted by atomic mass is 32.2. The molecule has 1 aromatic carbocycles. The third kappa shape index (κ3) is 3.30. The molecule has 0 fully saturated rings. The van der Waals surface area contributed by atoms with Crippen LogP contribution in [0.3, 0.4) is 0 Å². The van der Waals surface area contributed by atoms with Crippen LogP contribution in [-0.4, -0.2) is 23.2 Å². The van der Waals surface area contributed by atoms with Crippen molar-refractivity contribution in [2.24, 2.45) is 0 Å². The lowest BCUT2D eigenvalue weighted by atomic mass is 10.0. The molecule has 0 unspecified atom stereocenters. The zero-order valence-electron chi connectivity index (χ0n) is 12.2. The molecule has 1 amide bonds. The van der Waals surface area contributed by atoms with Crippen molar-refractivity contribution in [3.05, 3.63) is 59.7 Å². The summed E-state index contributed by atoms with van der Waals surface area (Å²) in [5, 5.41) is 0. The fourth-order valence-corrected chi connectivity index (χ4v) is 3.51. The Kier molecular flexibility index (Phi) is 4.73. The van der Waals surface area contributed by atoms with Crippen LogP contribution in [0.15, 0.2) is 42.7 Å². The lowest BCUT2D eigenvalue weighted by molar-refractivity contribution is -0.116. The Hall–Kier alpha value is -1.88. The van der Waals surface area contributed by atoms with Crippen molar-refractivity contribution in [1.29, 1.82) is 0 Å². The highest BCUT2D eigenvalue weighted by molar-refractivity contribution is 7.99. The molecule has 0 saturated carbocycles. The maximum absolute atomic E-state index is 14.1. The first-order chi connectivity index (χ1) is 10.8. The maximum atomic E-state index is 14.1. The van der Waals surface area contributed by atoms with Gasteiger partial charge in [-0.3, -0.25) is 9.78 Å². The van der Waals surface area contributed by atoms with Crippen molar-refractivity contribution >= 4 is 23.4 Å². The van der Waals surface area contributed by atoms with Crippen molar-refractivity contribution in [2.75, 3.05) is 17.2 Å². The molecule has 0 spiro atoms. The summed E-state index contributed by atoms with van der Waals surface area (Å²) in [5.41, 5.74) is 2.49. The van der Waals surface area contributed by atoms with E-state index < -0.39 is 0 Å². The van der Waals surface area contributed by atoms with Gasteiger partial charge in [0.15, 0.2) is 0 Å². The SMILES string of the molecule is O=C(CSCc1cccnc1)N1CCCc2cccc(F)c21. The minimum Gasteiger partial charge on any atom is -0.309 e. The number of hydrogen-bond acceptors (Lipinski definition) is 3. The number of rotatable bonds is 4. The number of thioether (sulfide) groups is 1. The summed E-state index contributed by atoms with van der Waals surface area (Å²) in [7, 11) is 0. The van der Waals surface area contributed by atoms with E-state index in [2.05, 4.69) is 4.98 Å². The van der Waals surface area contributed by atoms with E-state index in [1.54, 1.807) is 23.4 Å². The number of fused-ring (bicyclic) bond motifs is 1. The first-order valence-electron chi connectivity index (χ1n) is 7.30. The van der Waals surface area contributed by atoms with Crippen LogP contribution >= 0.6 is 11.8 Å². The molecule has 5 heteroatoms. The number of para-hydroxylation sites is 1. The first-order valence-corrected chi connectivity index (χ1v) is 8.45. The summed E-state index contributed by atoms with van der Waals surface area (Å²) in [6, 6.07) is 8.90. The van der Waals surface area contributed by atoms with E-state index >= 15 is 0 Å². The molecule has 22 heavy (non-hydrogen) atoms. The number of halogens is 1. The van der Waals surface area contributed by atoms with Gasteiger partial charge in [0.05, 0.1) is 11.4 Å². The summed E-state index contributed by atoms with van der Waals surface area (Å²) in [6.45, 7) is 0.597. The predicted octanol–water partition coefficient (Wildman–Crippen LogP) is 3.43. The third-order valence-corrected chi connectivity index (χ3v) is 4.67. The Morgan fingerprint density at radius 2 is 2.23 bits per heavy atom. The highest BCUT2D eigenvalue weighted by Crippen LogP contribution is 2.30. The Bertz CT molecular complexity index is 663. The molecule has 0 aliphatic carbocycles. The van der Waals surface area contributed by atoms with Crippen LogP contribution in [0, 0.1) is 5.82 Å². The van der Waals surface area contributed by atoms with Gasteiger partial charge in [-0.15, -0.1) is 11.8 Å². The molecule has 1 aromatic heterocycles. The van der Waals surface area contributed by atoms with Gasteiger partial charge in [0.1, 0.15) is 5.82 Å². The van der Waals surface area contributed by atoms with Crippen LogP contribution in [0.5, 0.6) is 0 Å². The van der Waals surface area contributed by atoms with Gasteiger partial charge in [-0.2, -0.15) is 0 Å². The molecule has 2 heterocycles. The minimum atomic E-state index is -0.303. The summed E-state index contributed by atoms with van der Waals surface area (Å²) >= 11 is 1.53. The lowest BCUT2D eigenvalue weighted by Crippen LogP contribution is -2.37. The fourth-order valence-electron chi connectivity index (χ4n) is 2.67. The van der Waals surface area contributed by atoms with Crippen molar-refractivity contribution in [1.82, 2.24) is 4.98 Å². The van der Waals surface area contributed by atoms with Crippen molar-refractivity contribution < 1.29 is 9.18 Å². The molecule has 114 valence electrons. The molecule has 3 rings (SSSR count). The smallest absolute Gasteiger partial charge is 0.237 e. The predicted molar refractivity (Wildman–Crippen MR) is 87.5 cm³/mol. The van der Waals surface area contributed by atoms with Gasteiger partial charge in [0.25, 0.3) is 0 Å². The van der Waals surface area contributed by atoms with Crippen LogP contribution in [0.4, 0.5) is 10.1 Å². The molecule has 0 bridgehead atoms. The van der Waals surface area contributed by atoms with E-state index in [4.69, 9.17) is 0 Å². The van der Waals surface area contributed by atoms with Gasteiger partial charge < -0.3 is 4.90 Å². The number of nitrogens with zero attached hydrogens (tertiary/aromatic N) is 2. The quantitative estimate of drug-likeness (QED) is 0.866. The molecule has 3 nitrogen and oxygen atoms in total. The van der Waals surface area contributed by atoms with Crippen LogP contribution in [0.2, 0.25) is 0 Å². The topological polar surface area (TPSA) is 33.2 Å². The lowest BCUT2D eigenvalue weighted by Gasteiger charge is -2.29.